The number of fused-ring (bicyclic) bond motifs is 9. The largest absolute Gasteiger partial charge is 0.336 e. The lowest BCUT2D eigenvalue weighted by atomic mass is 9.99. The van der Waals surface area contributed by atoms with E-state index in [1.165, 1.54) is 71.8 Å². The Bertz CT molecular complexity index is 1840. The molecule has 7 rings (SSSR count). The molecule has 2 nitrogen and oxygen atoms in total. The molecule has 7 aromatic rings. The minimum absolute atomic E-state index is 1.04. The summed E-state index contributed by atoms with van der Waals surface area (Å²) in [6.07, 6.45) is 2.24. The highest BCUT2D eigenvalue weighted by molar-refractivity contribution is 7.77. The lowest BCUT2D eigenvalue weighted by molar-refractivity contribution is 0.838. The summed E-state index contributed by atoms with van der Waals surface area (Å²) < 4.78 is 4.91. The number of rotatable bonds is 4. The van der Waals surface area contributed by atoms with Crippen molar-refractivity contribution in [1.29, 1.82) is 0 Å². The van der Waals surface area contributed by atoms with Gasteiger partial charge in [0.15, 0.2) is 0 Å². The number of hydrogen-bond acceptors (Lipinski definition) is 0. The average Bonchev–Trinajstić information content (AvgIpc) is 3.41. The fraction of sp³-hybridized carbons (Fsp3) is 0.0968. The van der Waals surface area contributed by atoms with Gasteiger partial charge < -0.3 is 9.13 Å². The zero-order valence-electron chi connectivity index (χ0n) is 19.1. The summed E-state index contributed by atoms with van der Waals surface area (Å²) in [5.41, 5.74) is 6.38. The molecule has 34 heavy (non-hydrogen) atoms. The van der Waals surface area contributed by atoms with Crippen LogP contribution < -0.4 is 0 Å². The van der Waals surface area contributed by atoms with E-state index in [0.717, 1.165) is 12.3 Å². The molecule has 5 aromatic carbocycles. The van der Waals surface area contributed by atoms with E-state index in [1.807, 2.05) is 0 Å². The number of benzene rings is 5. The maximum Gasteiger partial charge on any atom is 0.123 e. The van der Waals surface area contributed by atoms with Crippen LogP contribution in [0.2, 0.25) is 0 Å². The summed E-state index contributed by atoms with van der Waals surface area (Å²) in [4.78, 5) is 0. The zero-order chi connectivity index (χ0) is 22.6. The monoisotopic (exact) mass is 457 g/mol. The molecule has 0 aliphatic rings. The van der Waals surface area contributed by atoms with Crippen molar-refractivity contribution < 1.29 is 0 Å². The van der Waals surface area contributed by atoms with Gasteiger partial charge in [-0.25, -0.2) is 0 Å². The molecule has 0 saturated carbocycles. The molecular weight excluding hydrogens is 432 g/mol. The van der Waals surface area contributed by atoms with Crippen molar-refractivity contribution in [3.63, 3.8) is 0 Å². The van der Waals surface area contributed by atoms with Crippen LogP contribution in [0.25, 0.3) is 60.1 Å². The first-order chi connectivity index (χ1) is 16.9. The normalized spacial score (nSPS) is 12.0. The summed E-state index contributed by atoms with van der Waals surface area (Å²) >= 11 is 1.43. The van der Waals surface area contributed by atoms with Crippen molar-refractivity contribution in [2.24, 2.45) is 0 Å². The smallest absolute Gasteiger partial charge is 0.123 e. The lowest BCUT2D eigenvalue weighted by Crippen LogP contribution is -2.02. The molecule has 0 saturated heterocycles. The molecule has 0 bridgehead atoms. The Labute approximate surface area is 202 Å². The van der Waals surface area contributed by atoms with Gasteiger partial charge in [-0.3, -0.25) is 0 Å². The Morgan fingerprint density at radius 3 is 1.85 bits per heavy atom. The molecule has 0 spiro atoms. The topological polar surface area (TPSA) is 9.86 Å². The molecule has 0 fully saturated rings. The number of aromatic nitrogens is 2. The summed E-state index contributed by atoms with van der Waals surface area (Å²) in [6.45, 7) is 1.04. The van der Waals surface area contributed by atoms with Crippen LogP contribution in [-0.4, -0.2) is 21.1 Å². The van der Waals surface area contributed by atoms with Gasteiger partial charge in [0.05, 0.1) is 23.8 Å². The summed E-state index contributed by atoms with van der Waals surface area (Å²) in [6, 6.07) is 37.7. The first-order valence-corrected chi connectivity index (χ1v) is 13.4. The van der Waals surface area contributed by atoms with Crippen molar-refractivity contribution in [2.75, 3.05) is 12.0 Å². The maximum atomic E-state index is 2.51. The molecule has 0 amide bonds. The molecule has 0 unspecified atom stereocenters. The quantitative estimate of drug-likeness (QED) is 0.191. The van der Waals surface area contributed by atoms with Crippen molar-refractivity contribution >= 4 is 66.1 Å². The molecule has 3 heteroatoms. The second kappa shape index (κ2) is 7.68. The lowest BCUT2D eigenvalue weighted by Gasteiger charge is -2.09. The van der Waals surface area contributed by atoms with E-state index in [-0.39, 0.29) is 0 Å². The van der Waals surface area contributed by atoms with Crippen molar-refractivity contribution in [2.45, 2.75) is 6.54 Å². The number of thiol groups is 1. The molecule has 164 valence electrons. The fourth-order valence-corrected chi connectivity index (χ4v) is 6.12. The highest BCUT2D eigenvalue weighted by Crippen LogP contribution is 2.41. The van der Waals surface area contributed by atoms with E-state index < -0.39 is 0 Å². The predicted molar refractivity (Wildman–Crippen MR) is 151 cm³/mol. The van der Waals surface area contributed by atoms with Gasteiger partial charge in [-0.2, -0.15) is 0 Å². The molecule has 0 aliphatic carbocycles. The SMILES string of the molecule is C[SH+]CCn1c2ccccc2c2c3ccc4c(c3ccc21)c1ccccc1n4-c1ccccc1. The number of para-hydroxylation sites is 3. The molecule has 0 N–H and O–H groups in total. The predicted octanol–water partition coefficient (Wildman–Crippen LogP) is 7.49. The Balaban J connectivity index is 1.65. The van der Waals surface area contributed by atoms with Gasteiger partial charge in [-0.05, 0) is 58.9 Å². The first-order valence-electron chi connectivity index (χ1n) is 11.8. The minimum Gasteiger partial charge on any atom is -0.336 e. The van der Waals surface area contributed by atoms with Gasteiger partial charge in [-0.15, -0.1) is 0 Å². The number of nitrogens with zero attached hydrogens (tertiary/aromatic N) is 2. The Morgan fingerprint density at radius 1 is 0.529 bits per heavy atom. The number of aryl methyl sites for hydroxylation is 1. The van der Waals surface area contributed by atoms with Gasteiger partial charge in [0.25, 0.3) is 0 Å². The Kier molecular flexibility index (Phi) is 4.46. The third-order valence-electron chi connectivity index (χ3n) is 7.13. The summed E-state index contributed by atoms with van der Waals surface area (Å²) in [5, 5.41) is 8.03. The highest BCUT2D eigenvalue weighted by Gasteiger charge is 2.18. The van der Waals surface area contributed by atoms with Crippen LogP contribution in [0.5, 0.6) is 0 Å². The fourth-order valence-electron chi connectivity index (χ4n) is 5.72. The van der Waals surface area contributed by atoms with Gasteiger partial charge in [0.1, 0.15) is 5.75 Å². The average molecular weight is 458 g/mol. The Morgan fingerprint density at radius 2 is 1.12 bits per heavy atom. The molecule has 0 radical (unpaired) electrons. The van der Waals surface area contributed by atoms with Crippen LogP contribution in [0.4, 0.5) is 0 Å². The Hall–Kier alpha value is -3.69. The summed E-state index contributed by atoms with van der Waals surface area (Å²) in [7, 11) is 0. The molecule has 0 aliphatic heterocycles. The van der Waals surface area contributed by atoms with E-state index in [2.05, 4.69) is 119 Å². The van der Waals surface area contributed by atoms with Crippen LogP contribution >= 0.6 is 0 Å². The minimum atomic E-state index is 1.04. The van der Waals surface area contributed by atoms with Gasteiger partial charge >= 0.3 is 0 Å². The van der Waals surface area contributed by atoms with E-state index >= 15 is 0 Å². The molecule has 2 aromatic heterocycles. The zero-order valence-corrected chi connectivity index (χ0v) is 20.0. The van der Waals surface area contributed by atoms with Crippen LogP contribution in [0.15, 0.2) is 103 Å². The summed E-state index contributed by atoms with van der Waals surface area (Å²) in [5.74, 6) is 1.16. The highest BCUT2D eigenvalue weighted by atomic mass is 32.2. The van der Waals surface area contributed by atoms with Crippen molar-refractivity contribution in [3.05, 3.63) is 103 Å². The second-order valence-electron chi connectivity index (χ2n) is 8.91. The van der Waals surface area contributed by atoms with Crippen LogP contribution in [-0.2, 0) is 18.3 Å². The second-order valence-corrected chi connectivity index (χ2v) is 9.99. The van der Waals surface area contributed by atoms with Crippen LogP contribution in [0, 0.1) is 0 Å². The van der Waals surface area contributed by atoms with Gasteiger partial charge in [0.2, 0.25) is 0 Å². The maximum absolute atomic E-state index is 2.51. The number of hydrogen-bond donors (Lipinski definition) is 0. The van der Waals surface area contributed by atoms with E-state index in [9.17, 15) is 0 Å². The van der Waals surface area contributed by atoms with Gasteiger partial charge in [0, 0.05) is 38.3 Å². The third-order valence-corrected chi connectivity index (χ3v) is 7.78. The van der Waals surface area contributed by atoms with Crippen LogP contribution in [0.3, 0.4) is 0 Å². The van der Waals surface area contributed by atoms with Crippen LogP contribution in [0.1, 0.15) is 0 Å². The third kappa shape index (κ3) is 2.71. The first kappa shape index (κ1) is 19.7. The van der Waals surface area contributed by atoms with E-state index in [4.69, 9.17) is 0 Å². The van der Waals surface area contributed by atoms with E-state index in [1.54, 1.807) is 0 Å². The molecule has 0 atom stereocenters. The van der Waals surface area contributed by atoms with Crippen molar-refractivity contribution in [3.8, 4) is 5.69 Å². The molecular formula is C31H25N2S+. The van der Waals surface area contributed by atoms with E-state index in [0.29, 0.717) is 0 Å². The molecule has 2 heterocycles. The van der Waals surface area contributed by atoms with Gasteiger partial charge in [-0.1, -0.05) is 66.7 Å². The van der Waals surface area contributed by atoms with Crippen molar-refractivity contribution in [1.82, 2.24) is 9.13 Å². The standard InChI is InChI=1S/C31H24N2S/c1-34-20-19-32-26-13-7-5-11-24(26)30-22-16-18-29-31(23(22)15-17-28(30)32)25-12-6-8-14-27(25)33(29)21-9-3-2-4-10-21/h2-18H,19-20H2,1H3/p+1.